The topological polar surface area (TPSA) is 94.1 Å². The summed E-state index contributed by atoms with van der Waals surface area (Å²) in [6.45, 7) is 4.17. The van der Waals surface area contributed by atoms with Crippen LogP contribution in [0.15, 0.2) is 42.5 Å². The number of halogens is 1. The summed E-state index contributed by atoms with van der Waals surface area (Å²) in [5, 5.41) is 13.1. The maximum Gasteiger partial charge on any atom is 0.412 e. The number of phenols is 1. The molecule has 2 N–H and O–H groups in total. The summed E-state index contributed by atoms with van der Waals surface area (Å²) >= 11 is 6.00. The van der Waals surface area contributed by atoms with E-state index < -0.39 is 24.3 Å². The molecule has 0 unspecified atom stereocenters. The first-order valence-corrected chi connectivity index (χ1v) is 11.5. The standard InChI is InChI=1S/C22H26INO6S/c1-3-28-19(10-11-29-20(26)13-31)21(17-12-15(23)6-9-18(17)25)30-22(27)24-16-7-4-14(2)5-8-16/h4-9,12,19,21,25,31H,3,10-11,13H2,1-2H3,(H,24,27)/t19-,21-/m0/s1. The van der Waals surface area contributed by atoms with Crippen molar-refractivity contribution in [3.05, 3.63) is 57.2 Å². The summed E-state index contributed by atoms with van der Waals surface area (Å²) in [5.74, 6) is -0.508. The maximum absolute atomic E-state index is 12.6. The van der Waals surface area contributed by atoms with Gasteiger partial charge in [-0.05, 0) is 66.8 Å². The fraction of sp³-hybridized carbons (Fsp3) is 0.364. The van der Waals surface area contributed by atoms with Crippen LogP contribution in [-0.4, -0.2) is 42.2 Å². The van der Waals surface area contributed by atoms with E-state index in [0.29, 0.717) is 17.9 Å². The highest BCUT2D eigenvalue weighted by Gasteiger charge is 2.30. The molecule has 31 heavy (non-hydrogen) atoms. The highest BCUT2D eigenvalue weighted by Crippen LogP contribution is 2.34. The molecule has 0 spiro atoms. The molecule has 0 fully saturated rings. The Morgan fingerprint density at radius 1 is 1.19 bits per heavy atom. The van der Waals surface area contributed by atoms with E-state index >= 15 is 0 Å². The van der Waals surface area contributed by atoms with Gasteiger partial charge in [-0.25, -0.2) is 4.79 Å². The van der Waals surface area contributed by atoms with E-state index in [1.165, 1.54) is 6.07 Å². The molecule has 2 aromatic rings. The fourth-order valence-corrected chi connectivity index (χ4v) is 3.47. The third kappa shape index (κ3) is 8.23. The molecule has 0 bridgehead atoms. The third-order valence-electron chi connectivity index (χ3n) is 4.34. The minimum Gasteiger partial charge on any atom is -0.508 e. The van der Waals surface area contributed by atoms with Crippen molar-refractivity contribution >= 4 is 53.0 Å². The second-order valence-electron chi connectivity index (χ2n) is 6.68. The molecule has 0 aliphatic heterocycles. The number of aryl methyl sites for hydroxylation is 1. The zero-order valence-electron chi connectivity index (χ0n) is 17.3. The van der Waals surface area contributed by atoms with Crippen LogP contribution in [0.3, 0.4) is 0 Å². The van der Waals surface area contributed by atoms with Crippen LogP contribution in [0.2, 0.25) is 0 Å². The first-order chi connectivity index (χ1) is 14.8. The molecule has 0 aliphatic rings. The number of carbonyl (C=O) groups excluding carboxylic acids is 2. The SMILES string of the molecule is CCO[C@@H](CCOC(=O)CS)[C@@H](OC(=O)Nc1ccc(C)cc1)c1cc(I)ccc1O. The van der Waals surface area contributed by atoms with Gasteiger partial charge in [0.25, 0.3) is 0 Å². The number of carbonyl (C=O) groups is 2. The molecule has 0 aromatic heterocycles. The van der Waals surface area contributed by atoms with Gasteiger partial charge in [-0.1, -0.05) is 17.7 Å². The van der Waals surface area contributed by atoms with Crippen molar-refractivity contribution in [2.75, 3.05) is 24.3 Å². The Labute approximate surface area is 201 Å². The van der Waals surface area contributed by atoms with Crippen LogP contribution in [0.5, 0.6) is 5.75 Å². The van der Waals surface area contributed by atoms with Crippen molar-refractivity contribution in [3.63, 3.8) is 0 Å². The van der Waals surface area contributed by atoms with Crippen LogP contribution in [0.1, 0.15) is 30.6 Å². The fourth-order valence-electron chi connectivity index (χ4n) is 2.86. The van der Waals surface area contributed by atoms with Gasteiger partial charge in [0, 0.05) is 27.8 Å². The molecule has 0 saturated carbocycles. The van der Waals surface area contributed by atoms with Gasteiger partial charge in [0.05, 0.1) is 12.4 Å². The summed E-state index contributed by atoms with van der Waals surface area (Å²) in [7, 11) is 0. The van der Waals surface area contributed by atoms with Crippen molar-refractivity contribution in [1.82, 2.24) is 0 Å². The van der Waals surface area contributed by atoms with E-state index in [2.05, 4.69) is 40.5 Å². The molecular weight excluding hydrogens is 533 g/mol. The van der Waals surface area contributed by atoms with E-state index in [9.17, 15) is 14.7 Å². The second kappa shape index (κ2) is 12.8. The summed E-state index contributed by atoms with van der Waals surface area (Å²) < 4.78 is 17.5. The lowest BCUT2D eigenvalue weighted by Gasteiger charge is -2.28. The van der Waals surface area contributed by atoms with Crippen molar-refractivity contribution < 1.29 is 28.9 Å². The minimum atomic E-state index is -0.921. The predicted molar refractivity (Wildman–Crippen MR) is 130 cm³/mol. The number of anilines is 1. The van der Waals surface area contributed by atoms with Crippen LogP contribution >= 0.6 is 35.2 Å². The molecule has 168 valence electrons. The zero-order chi connectivity index (χ0) is 22.8. The van der Waals surface area contributed by atoms with Crippen molar-refractivity contribution in [2.45, 2.75) is 32.5 Å². The first-order valence-electron chi connectivity index (χ1n) is 9.74. The molecule has 7 nitrogen and oxygen atoms in total. The molecule has 2 rings (SSSR count). The molecule has 0 radical (unpaired) electrons. The Morgan fingerprint density at radius 3 is 2.55 bits per heavy atom. The quantitative estimate of drug-likeness (QED) is 0.219. The lowest BCUT2D eigenvalue weighted by atomic mass is 10.0. The number of hydrogen-bond acceptors (Lipinski definition) is 7. The Morgan fingerprint density at radius 2 is 1.90 bits per heavy atom. The minimum absolute atomic E-state index is 0.0226. The third-order valence-corrected chi connectivity index (χ3v) is 5.27. The van der Waals surface area contributed by atoms with E-state index in [0.717, 1.165) is 9.13 Å². The van der Waals surface area contributed by atoms with Gasteiger partial charge in [-0.15, -0.1) is 0 Å². The number of amides is 1. The number of benzene rings is 2. The van der Waals surface area contributed by atoms with Crippen molar-refractivity contribution in [3.8, 4) is 5.75 Å². The van der Waals surface area contributed by atoms with Crippen LogP contribution in [0, 0.1) is 10.5 Å². The summed E-state index contributed by atoms with van der Waals surface area (Å²) in [6, 6.07) is 12.3. The number of aromatic hydroxyl groups is 1. The maximum atomic E-state index is 12.6. The first kappa shape index (κ1) is 25.3. The predicted octanol–water partition coefficient (Wildman–Crippen LogP) is 4.86. The summed E-state index contributed by atoms with van der Waals surface area (Å²) in [5.41, 5.74) is 2.05. The monoisotopic (exact) mass is 559 g/mol. The molecule has 2 aromatic carbocycles. The number of nitrogens with one attached hydrogen (secondary N) is 1. The van der Waals surface area contributed by atoms with Gasteiger partial charge < -0.3 is 19.3 Å². The Balaban J connectivity index is 2.24. The zero-order valence-corrected chi connectivity index (χ0v) is 20.4. The van der Waals surface area contributed by atoms with Crippen LogP contribution in [0.25, 0.3) is 0 Å². The van der Waals surface area contributed by atoms with Gasteiger partial charge in [-0.3, -0.25) is 10.1 Å². The lowest BCUT2D eigenvalue weighted by molar-refractivity contribution is -0.142. The van der Waals surface area contributed by atoms with Gasteiger partial charge in [0.2, 0.25) is 0 Å². The second-order valence-corrected chi connectivity index (χ2v) is 8.24. The Kier molecular flexibility index (Phi) is 10.4. The van der Waals surface area contributed by atoms with Crippen LogP contribution in [-0.2, 0) is 19.0 Å². The van der Waals surface area contributed by atoms with Crippen LogP contribution in [0.4, 0.5) is 10.5 Å². The molecule has 2 atom stereocenters. The highest BCUT2D eigenvalue weighted by molar-refractivity contribution is 14.1. The van der Waals surface area contributed by atoms with Gasteiger partial charge in [-0.2, -0.15) is 12.6 Å². The summed E-state index contributed by atoms with van der Waals surface area (Å²) in [4.78, 5) is 24.1. The number of hydrogen-bond donors (Lipinski definition) is 3. The Hall–Kier alpha value is -1.98. The number of ether oxygens (including phenoxy) is 3. The van der Waals surface area contributed by atoms with E-state index in [1.54, 1.807) is 24.3 Å². The summed E-state index contributed by atoms with van der Waals surface area (Å²) in [6.07, 6.45) is -2.00. The Bertz CT molecular complexity index is 877. The average Bonchev–Trinajstić information content (AvgIpc) is 2.75. The number of thiol groups is 1. The van der Waals surface area contributed by atoms with E-state index in [1.807, 2.05) is 26.0 Å². The van der Waals surface area contributed by atoms with Crippen molar-refractivity contribution in [1.29, 1.82) is 0 Å². The number of rotatable bonds is 10. The van der Waals surface area contributed by atoms with Gasteiger partial charge in [0.1, 0.15) is 11.9 Å². The molecular formula is C22H26INO6S. The van der Waals surface area contributed by atoms with Gasteiger partial charge in [0.15, 0.2) is 6.10 Å². The molecule has 0 saturated heterocycles. The smallest absolute Gasteiger partial charge is 0.412 e. The number of phenolic OH excluding ortho intramolecular Hbond substituents is 1. The molecule has 0 aliphatic carbocycles. The molecule has 0 heterocycles. The highest BCUT2D eigenvalue weighted by atomic mass is 127. The van der Waals surface area contributed by atoms with E-state index in [4.69, 9.17) is 14.2 Å². The molecule has 1 amide bonds. The molecule has 9 heteroatoms. The largest absolute Gasteiger partial charge is 0.508 e. The van der Waals surface area contributed by atoms with Crippen LogP contribution < -0.4 is 5.32 Å². The lowest BCUT2D eigenvalue weighted by Crippen LogP contribution is -2.30. The average molecular weight is 559 g/mol. The van der Waals surface area contributed by atoms with Crippen molar-refractivity contribution in [2.24, 2.45) is 0 Å². The number of esters is 1. The van der Waals surface area contributed by atoms with Gasteiger partial charge >= 0.3 is 12.1 Å². The normalized spacial score (nSPS) is 12.6. The van der Waals surface area contributed by atoms with E-state index in [-0.39, 0.29) is 24.5 Å².